The molecule has 0 aliphatic rings. The van der Waals surface area contributed by atoms with Gasteiger partial charge in [0.15, 0.2) is 0 Å². The van der Waals surface area contributed by atoms with Gasteiger partial charge in [0.2, 0.25) is 0 Å². The molecule has 1 atom stereocenters. The minimum absolute atomic E-state index is 0.322. The number of anilines is 1. The molecule has 0 aliphatic heterocycles. The van der Waals surface area contributed by atoms with Crippen molar-refractivity contribution >= 4 is 44.6 Å². The van der Waals surface area contributed by atoms with E-state index in [-0.39, 0.29) is 0 Å². The molecule has 1 nitrogen and oxygen atoms in total. The average Bonchev–Trinajstić information content (AvgIpc) is 2.80. The first kappa shape index (κ1) is 13.9. The van der Waals surface area contributed by atoms with E-state index in [0.717, 1.165) is 15.2 Å². The predicted octanol–water partition coefficient (Wildman–Crippen LogP) is 5.97. The summed E-state index contributed by atoms with van der Waals surface area (Å²) < 4.78 is 0.997. The smallest absolute Gasteiger partial charge is 0.0629 e. The normalized spacial score (nSPS) is 12.7. The summed E-state index contributed by atoms with van der Waals surface area (Å²) in [4.78, 5) is 1.35. The van der Waals surface area contributed by atoms with Crippen molar-refractivity contribution in [1.82, 2.24) is 0 Å². The van der Waals surface area contributed by atoms with E-state index in [9.17, 15) is 0 Å². The lowest BCUT2D eigenvalue weighted by Gasteiger charge is -2.23. The topological polar surface area (TPSA) is 12.0 Å². The molecule has 0 bridgehead atoms. The fourth-order valence-electron chi connectivity index (χ4n) is 1.81. The van der Waals surface area contributed by atoms with Crippen molar-refractivity contribution in [1.29, 1.82) is 0 Å². The van der Waals surface area contributed by atoms with Gasteiger partial charge in [-0.25, -0.2) is 0 Å². The Bertz CT molecular complexity index is 511. The fraction of sp³-hybridized carbons (Fsp3) is 0.286. The molecule has 18 heavy (non-hydrogen) atoms. The number of nitrogens with one attached hydrogen (secondary N) is 1. The second-order valence-corrected chi connectivity index (χ2v) is 6.78. The van der Waals surface area contributed by atoms with E-state index in [1.807, 2.05) is 18.2 Å². The first-order valence-corrected chi connectivity index (χ1v) is 7.88. The summed E-state index contributed by atoms with van der Waals surface area (Å²) in [6.45, 7) is 4.45. The Morgan fingerprint density at radius 3 is 2.61 bits per heavy atom. The lowest BCUT2D eigenvalue weighted by Crippen LogP contribution is -2.15. The van der Waals surface area contributed by atoms with Crippen LogP contribution in [0.4, 0.5) is 5.69 Å². The molecular weight excluding hydrogens is 330 g/mol. The van der Waals surface area contributed by atoms with Crippen molar-refractivity contribution < 1.29 is 0 Å². The summed E-state index contributed by atoms with van der Waals surface area (Å²) in [5.74, 6) is 0.520. The maximum atomic E-state index is 5.96. The summed E-state index contributed by atoms with van der Waals surface area (Å²) in [6, 6.07) is 10.4. The molecule has 0 amide bonds. The third-order valence-electron chi connectivity index (χ3n) is 2.76. The van der Waals surface area contributed by atoms with Gasteiger partial charge in [-0.05, 0) is 51.5 Å². The van der Waals surface area contributed by atoms with Gasteiger partial charge in [0.05, 0.1) is 6.04 Å². The van der Waals surface area contributed by atoms with Crippen LogP contribution in [0.15, 0.2) is 40.2 Å². The van der Waals surface area contributed by atoms with Gasteiger partial charge >= 0.3 is 0 Å². The SMILES string of the molecule is CC(C)C(Nc1ccc(Cl)cc1Br)c1cccs1. The molecule has 1 aromatic carbocycles. The Morgan fingerprint density at radius 1 is 1.28 bits per heavy atom. The highest BCUT2D eigenvalue weighted by molar-refractivity contribution is 9.10. The number of rotatable bonds is 4. The largest absolute Gasteiger partial charge is 0.376 e. The Balaban J connectivity index is 2.24. The van der Waals surface area contributed by atoms with E-state index in [0.29, 0.717) is 12.0 Å². The third kappa shape index (κ3) is 3.28. The lowest BCUT2D eigenvalue weighted by molar-refractivity contribution is 0.553. The number of benzene rings is 1. The minimum atomic E-state index is 0.322. The Hall–Kier alpha value is -0.510. The Kier molecular flexibility index (Phi) is 4.71. The van der Waals surface area contributed by atoms with Crippen LogP contribution in [0.25, 0.3) is 0 Å². The van der Waals surface area contributed by atoms with Crippen LogP contribution < -0.4 is 5.32 Å². The van der Waals surface area contributed by atoms with E-state index < -0.39 is 0 Å². The van der Waals surface area contributed by atoms with Crippen LogP contribution >= 0.6 is 38.9 Å². The first-order valence-electron chi connectivity index (χ1n) is 5.83. The van der Waals surface area contributed by atoms with Gasteiger partial charge in [0, 0.05) is 20.1 Å². The molecular formula is C14H15BrClNS. The van der Waals surface area contributed by atoms with E-state index in [1.165, 1.54) is 4.88 Å². The van der Waals surface area contributed by atoms with Crippen LogP contribution in [0.5, 0.6) is 0 Å². The maximum Gasteiger partial charge on any atom is 0.0629 e. The van der Waals surface area contributed by atoms with Crippen LogP contribution in [-0.4, -0.2) is 0 Å². The molecule has 0 fully saturated rings. The predicted molar refractivity (Wildman–Crippen MR) is 84.7 cm³/mol. The van der Waals surface area contributed by atoms with Crippen LogP contribution in [-0.2, 0) is 0 Å². The number of thiophene rings is 1. The second-order valence-electron chi connectivity index (χ2n) is 4.51. The molecule has 0 aliphatic carbocycles. The Morgan fingerprint density at radius 2 is 2.06 bits per heavy atom. The summed E-state index contributed by atoms with van der Waals surface area (Å²) in [5.41, 5.74) is 1.08. The van der Waals surface area contributed by atoms with E-state index in [4.69, 9.17) is 11.6 Å². The van der Waals surface area contributed by atoms with Gasteiger partial charge in [-0.3, -0.25) is 0 Å². The quantitative estimate of drug-likeness (QED) is 0.720. The molecule has 1 heterocycles. The van der Waals surface area contributed by atoms with Gasteiger partial charge < -0.3 is 5.32 Å². The van der Waals surface area contributed by atoms with Gasteiger partial charge in [-0.1, -0.05) is 31.5 Å². The van der Waals surface area contributed by atoms with Gasteiger partial charge in [0.25, 0.3) is 0 Å². The van der Waals surface area contributed by atoms with Crippen LogP contribution in [0.3, 0.4) is 0 Å². The van der Waals surface area contributed by atoms with Gasteiger partial charge in [-0.2, -0.15) is 0 Å². The lowest BCUT2D eigenvalue weighted by atomic mass is 10.0. The van der Waals surface area contributed by atoms with Crippen molar-refractivity contribution in [3.05, 3.63) is 50.1 Å². The van der Waals surface area contributed by atoms with Gasteiger partial charge in [-0.15, -0.1) is 11.3 Å². The van der Waals surface area contributed by atoms with E-state index in [2.05, 4.69) is 52.6 Å². The molecule has 4 heteroatoms. The van der Waals surface area contributed by atoms with Crippen molar-refractivity contribution in [2.24, 2.45) is 5.92 Å². The minimum Gasteiger partial charge on any atom is -0.376 e. The molecule has 0 saturated carbocycles. The maximum absolute atomic E-state index is 5.96. The summed E-state index contributed by atoms with van der Waals surface area (Å²) in [6.07, 6.45) is 0. The number of halogens is 2. The molecule has 0 saturated heterocycles. The second kappa shape index (κ2) is 6.09. The first-order chi connectivity index (χ1) is 8.58. The standard InChI is InChI=1S/C14H15BrClNS/c1-9(2)14(13-4-3-7-18-13)17-12-6-5-10(16)8-11(12)15/h3-9,14,17H,1-2H3. The number of hydrogen-bond acceptors (Lipinski definition) is 2. The molecule has 2 aromatic rings. The van der Waals surface area contributed by atoms with Crippen LogP contribution in [0.1, 0.15) is 24.8 Å². The molecule has 96 valence electrons. The zero-order valence-corrected chi connectivity index (χ0v) is 13.4. The third-order valence-corrected chi connectivity index (χ3v) is 4.61. The highest BCUT2D eigenvalue weighted by atomic mass is 79.9. The van der Waals surface area contributed by atoms with Crippen LogP contribution in [0, 0.1) is 5.92 Å². The van der Waals surface area contributed by atoms with Crippen molar-refractivity contribution in [2.75, 3.05) is 5.32 Å². The monoisotopic (exact) mass is 343 g/mol. The van der Waals surface area contributed by atoms with E-state index in [1.54, 1.807) is 11.3 Å². The van der Waals surface area contributed by atoms with E-state index >= 15 is 0 Å². The summed E-state index contributed by atoms with van der Waals surface area (Å²) in [7, 11) is 0. The molecule has 1 unspecified atom stereocenters. The molecule has 0 spiro atoms. The fourth-order valence-corrected chi connectivity index (χ4v) is 3.55. The number of hydrogen-bond donors (Lipinski definition) is 1. The zero-order valence-electron chi connectivity index (χ0n) is 10.3. The summed E-state index contributed by atoms with van der Waals surface area (Å²) in [5, 5.41) is 6.44. The van der Waals surface area contributed by atoms with Gasteiger partial charge in [0.1, 0.15) is 0 Å². The molecule has 0 radical (unpaired) electrons. The molecule has 1 N–H and O–H groups in total. The highest BCUT2D eigenvalue weighted by Crippen LogP contribution is 2.33. The Labute approximate surface area is 125 Å². The van der Waals surface area contributed by atoms with Crippen molar-refractivity contribution in [3.63, 3.8) is 0 Å². The van der Waals surface area contributed by atoms with Crippen molar-refractivity contribution in [3.8, 4) is 0 Å². The molecule has 2 rings (SSSR count). The van der Waals surface area contributed by atoms with Crippen LogP contribution in [0.2, 0.25) is 5.02 Å². The van der Waals surface area contributed by atoms with Crippen molar-refractivity contribution in [2.45, 2.75) is 19.9 Å². The highest BCUT2D eigenvalue weighted by Gasteiger charge is 2.17. The zero-order chi connectivity index (χ0) is 13.1. The summed E-state index contributed by atoms with van der Waals surface area (Å²) >= 11 is 11.3. The molecule has 1 aromatic heterocycles. The average molecular weight is 345 g/mol.